The zero-order valence-electron chi connectivity index (χ0n) is 12.8. The number of nitrogens with one attached hydrogen (secondary N) is 1. The normalized spacial score (nSPS) is 18.3. The van der Waals surface area contributed by atoms with Crippen LogP contribution in [-0.4, -0.2) is 20.0 Å². The molecule has 0 fully saturated rings. The molecule has 0 radical (unpaired) electrons. The van der Waals surface area contributed by atoms with E-state index >= 15 is 0 Å². The van der Waals surface area contributed by atoms with Gasteiger partial charge in [0.1, 0.15) is 11.6 Å². The highest BCUT2D eigenvalue weighted by Crippen LogP contribution is 2.46. The lowest BCUT2D eigenvalue weighted by Gasteiger charge is -2.23. The summed E-state index contributed by atoms with van der Waals surface area (Å²) in [6, 6.07) is 10.1. The molecule has 1 heterocycles. The van der Waals surface area contributed by atoms with Gasteiger partial charge in [-0.2, -0.15) is 5.26 Å². The van der Waals surface area contributed by atoms with Crippen molar-refractivity contribution < 1.29 is 4.79 Å². The third kappa shape index (κ3) is 2.43. The maximum Gasteiger partial charge on any atom is 0.261 e. The third-order valence-electron chi connectivity index (χ3n) is 3.94. The Kier molecular flexibility index (Phi) is 3.86. The second kappa shape index (κ2) is 5.45. The number of hydrogen-bond donors (Lipinski definition) is 1. The molecule has 0 unspecified atom stereocenters. The van der Waals surface area contributed by atoms with Gasteiger partial charge in [-0.1, -0.05) is 32.0 Å². The van der Waals surface area contributed by atoms with Crippen molar-refractivity contribution in [2.45, 2.75) is 19.3 Å². The first-order valence-electron chi connectivity index (χ1n) is 6.81. The summed E-state index contributed by atoms with van der Waals surface area (Å²) in [6.07, 6.45) is 3.44. The van der Waals surface area contributed by atoms with E-state index in [2.05, 4.69) is 36.2 Å². The number of likely N-dealkylation sites (N-methyl/N-ethyl adjacent to an activating group) is 2. The van der Waals surface area contributed by atoms with Gasteiger partial charge in [0, 0.05) is 30.9 Å². The molecule has 0 saturated carbocycles. The summed E-state index contributed by atoms with van der Waals surface area (Å²) in [7, 11) is 3.52. The van der Waals surface area contributed by atoms with E-state index < -0.39 is 0 Å². The Labute approximate surface area is 125 Å². The zero-order valence-corrected chi connectivity index (χ0v) is 12.8. The van der Waals surface area contributed by atoms with Gasteiger partial charge in [-0.25, -0.2) is 0 Å². The summed E-state index contributed by atoms with van der Waals surface area (Å²) >= 11 is 0. The number of anilines is 1. The quantitative estimate of drug-likeness (QED) is 0.669. The van der Waals surface area contributed by atoms with Crippen LogP contribution in [0.15, 0.2) is 47.7 Å². The fourth-order valence-corrected chi connectivity index (χ4v) is 2.76. The molecule has 1 aromatic carbocycles. The molecule has 2 rings (SSSR count). The number of carbonyl (C=O) groups is 1. The van der Waals surface area contributed by atoms with Crippen LogP contribution in [0.4, 0.5) is 5.69 Å². The summed E-state index contributed by atoms with van der Waals surface area (Å²) in [6.45, 7) is 4.28. The van der Waals surface area contributed by atoms with Gasteiger partial charge in [0.2, 0.25) is 0 Å². The number of nitriles is 1. The smallest absolute Gasteiger partial charge is 0.261 e. The maximum absolute atomic E-state index is 11.6. The third-order valence-corrected chi connectivity index (χ3v) is 3.94. The predicted molar refractivity (Wildman–Crippen MR) is 83.7 cm³/mol. The molecule has 0 aromatic heterocycles. The van der Waals surface area contributed by atoms with Gasteiger partial charge >= 0.3 is 0 Å². The highest BCUT2D eigenvalue weighted by Gasteiger charge is 2.37. The standard InChI is InChI=1S/C17H19N3O/c1-17(2)13-7-5-6-8-14(13)20(4)15(17)10-9-12(11-18)16(21)19-3/h5-10H,1-4H3,(H,19,21)/b12-9+,15-10+. The van der Waals surface area contributed by atoms with Crippen molar-refractivity contribution in [2.24, 2.45) is 0 Å². The Hall–Kier alpha value is -2.54. The molecule has 0 bridgehead atoms. The number of nitrogens with zero attached hydrogens (tertiary/aromatic N) is 2. The van der Waals surface area contributed by atoms with E-state index in [0.717, 1.165) is 11.4 Å². The van der Waals surface area contributed by atoms with Gasteiger partial charge in [-0.3, -0.25) is 4.79 Å². The molecule has 1 aromatic rings. The molecule has 1 aliphatic rings. The molecule has 0 atom stereocenters. The topological polar surface area (TPSA) is 56.1 Å². The number of fused-ring (bicyclic) bond motifs is 1. The van der Waals surface area contributed by atoms with Gasteiger partial charge in [-0.15, -0.1) is 0 Å². The van der Waals surface area contributed by atoms with Crippen LogP contribution < -0.4 is 10.2 Å². The first-order chi connectivity index (χ1) is 9.93. The number of allylic oxidation sites excluding steroid dienone is 3. The number of hydrogen-bond acceptors (Lipinski definition) is 3. The summed E-state index contributed by atoms with van der Waals surface area (Å²) in [5, 5.41) is 11.5. The van der Waals surface area contributed by atoms with Gasteiger partial charge in [0.05, 0.1) is 0 Å². The van der Waals surface area contributed by atoms with Crippen molar-refractivity contribution >= 4 is 11.6 Å². The Bertz CT molecular complexity index is 678. The molecule has 0 aliphatic carbocycles. The number of amides is 1. The fourth-order valence-electron chi connectivity index (χ4n) is 2.76. The second-order valence-corrected chi connectivity index (χ2v) is 5.52. The van der Waals surface area contributed by atoms with Crippen molar-refractivity contribution in [3.63, 3.8) is 0 Å². The molecule has 21 heavy (non-hydrogen) atoms. The first-order valence-corrected chi connectivity index (χ1v) is 6.81. The second-order valence-electron chi connectivity index (χ2n) is 5.52. The first kappa shape index (κ1) is 14.9. The number of rotatable bonds is 2. The van der Waals surface area contributed by atoms with E-state index in [1.807, 2.05) is 31.3 Å². The molecule has 1 amide bonds. The van der Waals surface area contributed by atoms with Gasteiger partial charge < -0.3 is 10.2 Å². The van der Waals surface area contributed by atoms with E-state index in [1.54, 1.807) is 6.08 Å². The average Bonchev–Trinajstić information content (AvgIpc) is 2.68. The lowest BCUT2D eigenvalue weighted by Crippen LogP contribution is -2.23. The van der Waals surface area contributed by atoms with Gasteiger partial charge in [0.15, 0.2) is 0 Å². The number of para-hydroxylation sites is 1. The monoisotopic (exact) mass is 281 g/mol. The van der Waals surface area contributed by atoms with E-state index in [9.17, 15) is 4.79 Å². The van der Waals surface area contributed by atoms with Crippen molar-refractivity contribution in [2.75, 3.05) is 19.0 Å². The molecule has 4 nitrogen and oxygen atoms in total. The van der Waals surface area contributed by atoms with Crippen LogP contribution in [0.1, 0.15) is 19.4 Å². The lowest BCUT2D eigenvalue weighted by atomic mass is 9.83. The molecule has 0 spiro atoms. The molecular weight excluding hydrogens is 262 g/mol. The molecule has 0 saturated heterocycles. The SMILES string of the molecule is CNC(=O)/C(C#N)=C/C=C1/N(C)c2ccccc2C1(C)C. The molecule has 4 heteroatoms. The highest BCUT2D eigenvalue weighted by molar-refractivity contribution is 5.97. The summed E-state index contributed by atoms with van der Waals surface area (Å²) in [4.78, 5) is 13.7. The van der Waals surface area contributed by atoms with Crippen LogP contribution >= 0.6 is 0 Å². The van der Waals surface area contributed by atoms with Crippen LogP contribution in [0.3, 0.4) is 0 Å². The van der Waals surface area contributed by atoms with Crippen LogP contribution in [0, 0.1) is 11.3 Å². The Morgan fingerprint density at radius 2 is 2.05 bits per heavy atom. The summed E-state index contributed by atoms with van der Waals surface area (Å²) in [5.74, 6) is -0.370. The van der Waals surface area contributed by atoms with Gasteiger partial charge in [0.25, 0.3) is 5.91 Å². The van der Waals surface area contributed by atoms with E-state index in [-0.39, 0.29) is 16.9 Å². The van der Waals surface area contributed by atoms with Crippen LogP contribution in [-0.2, 0) is 10.2 Å². The van der Waals surface area contributed by atoms with E-state index in [0.29, 0.717) is 0 Å². The van der Waals surface area contributed by atoms with Gasteiger partial charge in [-0.05, 0) is 23.8 Å². The summed E-state index contributed by atoms with van der Waals surface area (Å²) in [5.41, 5.74) is 3.39. The molecule has 1 N–H and O–H groups in total. The summed E-state index contributed by atoms with van der Waals surface area (Å²) < 4.78 is 0. The molecule has 1 aliphatic heterocycles. The highest BCUT2D eigenvalue weighted by atomic mass is 16.1. The van der Waals surface area contributed by atoms with E-state index in [4.69, 9.17) is 5.26 Å². The Balaban J connectivity index is 2.47. The minimum Gasteiger partial charge on any atom is -0.354 e. The minimum absolute atomic E-state index is 0.102. The minimum atomic E-state index is -0.370. The van der Waals surface area contributed by atoms with E-state index in [1.165, 1.54) is 12.6 Å². The lowest BCUT2D eigenvalue weighted by molar-refractivity contribution is -0.116. The fraction of sp³-hybridized carbons (Fsp3) is 0.294. The number of carbonyl (C=O) groups excluding carboxylic acids is 1. The zero-order chi connectivity index (χ0) is 15.6. The molecule has 108 valence electrons. The van der Waals surface area contributed by atoms with Crippen LogP contribution in [0.25, 0.3) is 0 Å². The van der Waals surface area contributed by atoms with Crippen LogP contribution in [0.5, 0.6) is 0 Å². The van der Waals surface area contributed by atoms with Crippen molar-refractivity contribution in [1.29, 1.82) is 5.26 Å². The Morgan fingerprint density at radius 3 is 2.62 bits per heavy atom. The van der Waals surface area contributed by atoms with Crippen molar-refractivity contribution in [3.05, 3.63) is 53.3 Å². The van der Waals surface area contributed by atoms with Crippen molar-refractivity contribution in [3.8, 4) is 6.07 Å². The average molecular weight is 281 g/mol. The van der Waals surface area contributed by atoms with Crippen molar-refractivity contribution in [1.82, 2.24) is 5.32 Å². The Morgan fingerprint density at radius 1 is 1.38 bits per heavy atom. The maximum atomic E-state index is 11.6. The number of benzene rings is 1. The van der Waals surface area contributed by atoms with Crippen LogP contribution in [0.2, 0.25) is 0 Å². The largest absolute Gasteiger partial charge is 0.354 e. The molecular formula is C17H19N3O. The predicted octanol–water partition coefficient (Wildman–Crippen LogP) is 2.49.